The molecule has 2 atom stereocenters. The lowest BCUT2D eigenvalue weighted by atomic mass is 9.92. The van der Waals surface area contributed by atoms with Crippen molar-refractivity contribution in [3.8, 4) is 0 Å². The highest BCUT2D eigenvalue weighted by Gasteiger charge is 2.37. The summed E-state index contributed by atoms with van der Waals surface area (Å²) in [6.07, 6.45) is -0.420. The van der Waals surface area contributed by atoms with Crippen LogP contribution in [-0.2, 0) is 20.7 Å². The molecular weight excluding hydrogens is 466 g/mol. The van der Waals surface area contributed by atoms with E-state index in [9.17, 15) is 14.4 Å². The normalized spacial score (nSPS) is 13.3. The van der Waals surface area contributed by atoms with Crippen LogP contribution < -0.4 is 10.6 Å². The van der Waals surface area contributed by atoms with Crippen LogP contribution in [0.15, 0.2) is 48.5 Å². The van der Waals surface area contributed by atoms with Crippen LogP contribution in [0.5, 0.6) is 0 Å². The Balaban J connectivity index is 2.55. The van der Waals surface area contributed by atoms with Crippen molar-refractivity contribution >= 4 is 17.9 Å². The van der Waals surface area contributed by atoms with Gasteiger partial charge in [-0.15, -0.1) is 0 Å². The zero-order valence-corrected chi connectivity index (χ0v) is 23.8. The number of carbonyl (C=O) groups excluding carboxylic acids is 3. The number of carbonyl (C=O) groups is 3. The zero-order chi connectivity index (χ0) is 28.0. The molecule has 2 unspecified atom stereocenters. The lowest BCUT2D eigenvalue weighted by Gasteiger charge is -2.36. The van der Waals surface area contributed by atoms with Crippen LogP contribution in [0.4, 0.5) is 4.79 Å². The monoisotopic (exact) mass is 509 g/mol. The molecule has 0 heterocycles. The average molecular weight is 510 g/mol. The number of nitrogens with zero attached hydrogens (tertiary/aromatic N) is 1. The standard InChI is InChI=1S/C30H43N3O4/c1-10-33(25(26(34)32-29(4,5)6)24-20(2)15-14-16-21(24)3)27(35)23(19-22-17-12-11-13-18-22)31-28(36)37-30(7,8)9/h11-18,23,25H,10,19H2,1-9H3,(H,31,36)(H,32,34). The van der Waals surface area contributed by atoms with Crippen molar-refractivity contribution < 1.29 is 19.1 Å². The van der Waals surface area contributed by atoms with E-state index in [1.165, 1.54) is 0 Å². The summed E-state index contributed by atoms with van der Waals surface area (Å²) in [6, 6.07) is 13.5. The fraction of sp³-hybridized carbons (Fsp3) is 0.500. The molecule has 2 rings (SSSR count). The van der Waals surface area contributed by atoms with Crippen LogP contribution in [0.25, 0.3) is 0 Å². The first-order valence-electron chi connectivity index (χ1n) is 12.8. The molecule has 0 saturated heterocycles. The second-order valence-corrected chi connectivity index (χ2v) is 11.5. The molecule has 0 spiro atoms. The second kappa shape index (κ2) is 12.3. The number of benzene rings is 2. The Bertz CT molecular complexity index is 1060. The molecule has 0 aliphatic carbocycles. The van der Waals surface area contributed by atoms with Crippen LogP contribution in [0.2, 0.25) is 0 Å². The quantitative estimate of drug-likeness (QED) is 0.509. The van der Waals surface area contributed by atoms with E-state index in [0.29, 0.717) is 0 Å². The largest absolute Gasteiger partial charge is 0.444 e. The number of amides is 3. The summed E-state index contributed by atoms with van der Waals surface area (Å²) in [5, 5.41) is 5.83. The number of hydrogen-bond donors (Lipinski definition) is 2. The molecule has 202 valence electrons. The molecular formula is C30H43N3O4. The number of hydrogen-bond acceptors (Lipinski definition) is 4. The van der Waals surface area contributed by atoms with E-state index in [2.05, 4.69) is 10.6 Å². The maximum atomic E-state index is 14.2. The van der Waals surface area contributed by atoms with Crippen molar-refractivity contribution in [2.45, 2.75) is 92.0 Å². The molecule has 0 bridgehead atoms. The predicted molar refractivity (Wildman–Crippen MR) is 147 cm³/mol. The van der Waals surface area contributed by atoms with Gasteiger partial charge in [0.2, 0.25) is 11.8 Å². The lowest BCUT2D eigenvalue weighted by molar-refractivity contribution is -0.142. The Labute approximate surface area is 222 Å². The van der Waals surface area contributed by atoms with Gasteiger partial charge in [-0.3, -0.25) is 9.59 Å². The summed E-state index contributed by atoms with van der Waals surface area (Å²) < 4.78 is 5.47. The Morgan fingerprint density at radius 1 is 0.892 bits per heavy atom. The summed E-state index contributed by atoms with van der Waals surface area (Å²) in [4.78, 5) is 42.2. The number of ether oxygens (including phenoxy) is 1. The third-order valence-electron chi connectivity index (χ3n) is 5.77. The van der Waals surface area contributed by atoms with E-state index in [4.69, 9.17) is 4.74 Å². The van der Waals surface area contributed by atoms with Crippen LogP contribution in [0.3, 0.4) is 0 Å². The minimum absolute atomic E-state index is 0.260. The van der Waals surface area contributed by atoms with Gasteiger partial charge in [0.25, 0.3) is 0 Å². The third-order valence-corrected chi connectivity index (χ3v) is 5.77. The van der Waals surface area contributed by atoms with E-state index in [0.717, 1.165) is 22.3 Å². The van der Waals surface area contributed by atoms with Gasteiger partial charge in [-0.1, -0.05) is 48.5 Å². The highest BCUT2D eigenvalue weighted by molar-refractivity contribution is 5.93. The minimum atomic E-state index is -0.925. The van der Waals surface area contributed by atoms with Gasteiger partial charge in [0, 0.05) is 18.5 Å². The Kier molecular flexibility index (Phi) is 9.90. The summed E-state index contributed by atoms with van der Waals surface area (Å²) in [5.41, 5.74) is 2.29. The van der Waals surface area contributed by atoms with Gasteiger partial charge in [0.05, 0.1) is 0 Å². The summed E-state index contributed by atoms with van der Waals surface area (Å²) >= 11 is 0. The second-order valence-electron chi connectivity index (χ2n) is 11.5. The van der Waals surface area contributed by atoms with Crippen LogP contribution >= 0.6 is 0 Å². The molecule has 0 aliphatic heterocycles. The van der Waals surface area contributed by atoms with Gasteiger partial charge in [0.1, 0.15) is 17.7 Å². The van der Waals surface area contributed by atoms with Crippen molar-refractivity contribution in [3.05, 3.63) is 70.8 Å². The molecule has 7 heteroatoms. The van der Waals surface area contributed by atoms with Crippen LogP contribution in [0.1, 0.15) is 76.8 Å². The number of nitrogens with one attached hydrogen (secondary N) is 2. The number of rotatable bonds is 8. The molecule has 0 aromatic heterocycles. The van der Waals surface area contributed by atoms with Gasteiger partial charge in [-0.25, -0.2) is 4.79 Å². The van der Waals surface area contributed by atoms with Crippen molar-refractivity contribution in [3.63, 3.8) is 0 Å². The Morgan fingerprint density at radius 2 is 1.46 bits per heavy atom. The third kappa shape index (κ3) is 8.92. The first kappa shape index (κ1) is 29.9. The molecule has 0 saturated carbocycles. The van der Waals surface area contributed by atoms with Crippen molar-refractivity contribution in [2.24, 2.45) is 0 Å². The molecule has 2 aromatic carbocycles. The topological polar surface area (TPSA) is 87.7 Å². The van der Waals surface area contributed by atoms with Crippen molar-refractivity contribution in [1.29, 1.82) is 0 Å². The van der Waals surface area contributed by atoms with E-state index >= 15 is 0 Å². The number of alkyl carbamates (subject to hydrolysis) is 1. The van der Waals surface area contributed by atoms with Gasteiger partial charge in [0.15, 0.2) is 0 Å². The molecule has 2 N–H and O–H groups in total. The van der Waals surface area contributed by atoms with Crippen molar-refractivity contribution in [2.75, 3.05) is 6.54 Å². The molecule has 0 aliphatic rings. The molecule has 0 fully saturated rings. The minimum Gasteiger partial charge on any atom is -0.444 e. The van der Waals surface area contributed by atoms with Crippen LogP contribution in [0, 0.1) is 13.8 Å². The summed E-state index contributed by atoms with van der Waals surface area (Å²) in [5.74, 6) is -0.621. The number of aryl methyl sites for hydroxylation is 2. The summed E-state index contributed by atoms with van der Waals surface area (Å²) in [6.45, 7) is 17.0. The molecule has 37 heavy (non-hydrogen) atoms. The fourth-order valence-electron chi connectivity index (χ4n) is 4.29. The highest BCUT2D eigenvalue weighted by atomic mass is 16.6. The average Bonchev–Trinajstić information content (AvgIpc) is 2.76. The Hall–Kier alpha value is -3.35. The van der Waals surface area contributed by atoms with E-state index < -0.39 is 29.3 Å². The van der Waals surface area contributed by atoms with E-state index in [1.54, 1.807) is 25.7 Å². The molecule has 7 nitrogen and oxygen atoms in total. The summed E-state index contributed by atoms with van der Waals surface area (Å²) in [7, 11) is 0. The first-order chi connectivity index (χ1) is 17.1. The Morgan fingerprint density at radius 3 is 1.95 bits per heavy atom. The predicted octanol–water partition coefficient (Wildman–Crippen LogP) is 5.24. The van der Waals surface area contributed by atoms with E-state index in [1.807, 2.05) is 90.1 Å². The fourth-order valence-corrected chi connectivity index (χ4v) is 4.29. The number of likely N-dealkylation sites (N-methyl/N-ethyl adjacent to an activating group) is 1. The van der Waals surface area contributed by atoms with Gasteiger partial charge < -0.3 is 20.3 Å². The zero-order valence-electron chi connectivity index (χ0n) is 23.8. The maximum Gasteiger partial charge on any atom is 0.408 e. The molecule has 3 amide bonds. The van der Waals surface area contributed by atoms with Gasteiger partial charge in [-0.2, -0.15) is 0 Å². The SMILES string of the molecule is CCN(C(=O)C(Cc1ccccc1)NC(=O)OC(C)(C)C)C(C(=O)NC(C)(C)C)c1c(C)cccc1C. The van der Waals surface area contributed by atoms with Gasteiger partial charge in [-0.05, 0) is 84.6 Å². The maximum absolute atomic E-state index is 14.2. The van der Waals surface area contributed by atoms with Gasteiger partial charge >= 0.3 is 6.09 Å². The highest BCUT2D eigenvalue weighted by Crippen LogP contribution is 2.29. The molecule has 2 aromatic rings. The van der Waals surface area contributed by atoms with E-state index in [-0.39, 0.29) is 24.8 Å². The smallest absolute Gasteiger partial charge is 0.408 e. The first-order valence-corrected chi connectivity index (χ1v) is 12.8. The van der Waals surface area contributed by atoms with Crippen molar-refractivity contribution in [1.82, 2.24) is 15.5 Å². The molecule has 0 radical (unpaired) electrons. The lowest BCUT2D eigenvalue weighted by Crippen LogP contribution is -2.55. The van der Waals surface area contributed by atoms with Crippen LogP contribution in [-0.4, -0.2) is 46.5 Å².